The fourth-order valence-corrected chi connectivity index (χ4v) is 1.60. The van der Waals surface area contributed by atoms with Gasteiger partial charge in [-0.15, -0.1) is 0 Å². The normalized spacial score (nSPS) is 20.5. The lowest BCUT2D eigenvalue weighted by atomic mass is 10.1. The summed E-state index contributed by atoms with van der Waals surface area (Å²) in [6, 6.07) is 0.497. The molecule has 1 aliphatic rings. The zero-order valence-corrected chi connectivity index (χ0v) is 10.6. The average Bonchev–Trinajstić information content (AvgIpc) is 2.18. The molecule has 1 atom stereocenters. The van der Waals surface area contributed by atoms with Crippen LogP contribution in [0, 0.1) is 5.92 Å². The van der Waals surface area contributed by atoms with Crippen molar-refractivity contribution in [3.63, 3.8) is 0 Å². The van der Waals surface area contributed by atoms with Crippen molar-refractivity contribution in [2.75, 3.05) is 33.2 Å². The minimum atomic E-state index is 0.497. The van der Waals surface area contributed by atoms with Crippen molar-refractivity contribution in [3.8, 4) is 0 Å². The van der Waals surface area contributed by atoms with Gasteiger partial charge in [-0.1, -0.05) is 20.4 Å². The summed E-state index contributed by atoms with van der Waals surface area (Å²) in [6.07, 6.45) is 0. The lowest BCUT2D eigenvalue weighted by molar-refractivity contribution is 0.174. The van der Waals surface area contributed by atoms with E-state index in [2.05, 4.69) is 49.5 Å². The van der Waals surface area contributed by atoms with E-state index in [1.807, 2.05) is 0 Å². The van der Waals surface area contributed by atoms with Gasteiger partial charge in [0.25, 0.3) is 0 Å². The summed E-state index contributed by atoms with van der Waals surface area (Å²) in [4.78, 5) is 4.70. The molecule has 15 heavy (non-hydrogen) atoms. The van der Waals surface area contributed by atoms with Crippen molar-refractivity contribution in [1.82, 2.24) is 15.1 Å². The molecule has 0 radical (unpaired) electrons. The highest BCUT2D eigenvalue weighted by molar-refractivity contribution is 4.95. The highest BCUT2D eigenvalue weighted by atomic mass is 15.3. The van der Waals surface area contributed by atoms with E-state index in [1.165, 1.54) is 0 Å². The van der Waals surface area contributed by atoms with E-state index in [1.54, 1.807) is 0 Å². The number of nitrogens with zero attached hydrogens (tertiary/aromatic N) is 2. The Balaban J connectivity index is 2.34. The first-order valence-electron chi connectivity index (χ1n) is 5.89. The first-order valence-corrected chi connectivity index (χ1v) is 5.89. The van der Waals surface area contributed by atoms with Crippen molar-refractivity contribution in [2.24, 2.45) is 5.92 Å². The van der Waals surface area contributed by atoms with Crippen LogP contribution in [0.2, 0.25) is 0 Å². The number of rotatable bonds is 4. The predicted molar refractivity (Wildman–Crippen MR) is 65.6 cm³/mol. The van der Waals surface area contributed by atoms with Crippen molar-refractivity contribution in [2.45, 2.75) is 26.8 Å². The summed E-state index contributed by atoms with van der Waals surface area (Å²) in [6.45, 7) is 15.3. The smallest absolute Gasteiger partial charge is 0.0941 e. The molecule has 0 saturated carbocycles. The molecule has 0 unspecified atom stereocenters. The van der Waals surface area contributed by atoms with Gasteiger partial charge in [-0.3, -0.25) is 0 Å². The third-order valence-corrected chi connectivity index (χ3v) is 3.28. The van der Waals surface area contributed by atoms with Crippen LogP contribution in [0.25, 0.3) is 0 Å². The fourth-order valence-electron chi connectivity index (χ4n) is 1.60. The monoisotopic (exact) mass is 211 g/mol. The quantitative estimate of drug-likeness (QED) is 0.757. The standard InChI is InChI=1S/C12H25N3/c1-10(2)11(3)13-12(4)15-8-6-14(5)7-9-15/h10-11,13H,4,6-9H2,1-3,5H3/t11-/m1/s1. The SMILES string of the molecule is C=C(N[C@H](C)C(C)C)N1CCN(C)CC1. The average molecular weight is 211 g/mol. The van der Waals surface area contributed by atoms with Crippen LogP contribution in [0.3, 0.4) is 0 Å². The Morgan fingerprint density at radius 1 is 1.13 bits per heavy atom. The molecule has 1 aliphatic heterocycles. The number of hydrogen-bond acceptors (Lipinski definition) is 3. The van der Waals surface area contributed by atoms with Crippen LogP contribution < -0.4 is 5.32 Å². The van der Waals surface area contributed by atoms with E-state index in [4.69, 9.17) is 0 Å². The van der Waals surface area contributed by atoms with Crippen LogP contribution in [0.1, 0.15) is 20.8 Å². The molecule has 0 aromatic carbocycles. The van der Waals surface area contributed by atoms with Gasteiger partial charge >= 0.3 is 0 Å². The number of likely N-dealkylation sites (N-methyl/N-ethyl adjacent to an activating group) is 1. The molecule has 0 amide bonds. The van der Waals surface area contributed by atoms with E-state index in [0.717, 1.165) is 32.0 Å². The molecule has 0 bridgehead atoms. The summed E-state index contributed by atoms with van der Waals surface area (Å²) in [5.74, 6) is 1.73. The van der Waals surface area contributed by atoms with Gasteiger partial charge in [0, 0.05) is 32.2 Å². The van der Waals surface area contributed by atoms with Gasteiger partial charge in [0.1, 0.15) is 0 Å². The minimum Gasteiger partial charge on any atom is -0.370 e. The third kappa shape index (κ3) is 3.74. The molecule has 0 aromatic rings. The molecule has 1 fully saturated rings. The largest absolute Gasteiger partial charge is 0.370 e. The van der Waals surface area contributed by atoms with Gasteiger partial charge in [-0.05, 0) is 19.9 Å². The van der Waals surface area contributed by atoms with E-state index in [0.29, 0.717) is 12.0 Å². The first kappa shape index (κ1) is 12.4. The second-order valence-corrected chi connectivity index (χ2v) is 4.91. The van der Waals surface area contributed by atoms with E-state index >= 15 is 0 Å². The summed E-state index contributed by atoms with van der Waals surface area (Å²) < 4.78 is 0. The van der Waals surface area contributed by atoms with Gasteiger partial charge in [-0.2, -0.15) is 0 Å². The number of piperazine rings is 1. The van der Waals surface area contributed by atoms with Crippen molar-refractivity contribution >= 4 is 0 Å². The predicted octanol–water partition coefficient (Wildman–Crippen LogP) is 1.34. The van der Waals surface area contributed by atoms with Gasteiger partial charge in [0.05, 0.1) is 5.82 Å². The first-order chi connectivity index (χ1) is 7.00. The lowest BCUT2D eigenvalue weighted by Crippen LogP contribution is -2.47. The van der Waals surface area contributed by atoms with E-state index in [9.17, 15) is 0 Å². The highest BCUT2D eigenvalue weighted by Gasteiger charge is 2.16. The third-order valence-electron chi connectivity index (χ3n) is 3.28. The second-order valence-electron chi connectivity index (χ2n) is 4.91. The molecule has 88 valence electrons. The van der Waals surface area contributed by atoms with Crippen LogP contribution in [0.4, 0.5) is 0 Å². The zero-order chi connectivity index (χ0) is 11.4. The molecule has 0 spiro atoms. The summed E-state index contributed by atoms with van der Waals surface area (Å²) >= 11 is 0. The second kappa shape index (κ2) is 5.40. The molecule has 1 heterocycles. The molecule has 1 saturated heterocycles. The van der Waals surface area contributed by atoms with Crippen molar-refractivity contribution < 1.29 is 0 Å². The number of hydrogen-bond donors (Lipinski definition) is 1. The molecule has 1 N–H and O–H groups in total. The zero-order valence-electron chi connectivity index (χ0n) is 10.6. The van der Waals surface area contributed by atoms with Gasteiger partial charge in [0.15, 0.2) is 0 Å². The summed E-state index contributed by atoms with van der Waals surface area (Å²) in [5.41, 5.74) is 0. The Labute approximate surface area is 94.1 Å². The molecule has 3 heteroatoms. The Morgan fingerprint density at radius 3 is 2.13 bits per heavy atom. The van der Waals surface area contributed by atoms with E-state index in [-0.39, 0.29) is 0 Å². The van der Waals surface area contributed by atoms with Crippen molar-refractivity contribution in [3.05, 3.63) is 12.4 Å². The molecular formula is C12H25N3. The van der Waals surface area contributed by atoms with Crippen LogP contribution in [-0.4, -0.2) is 49.1 Å². The minimum absolute atomic E-state index is 0.497. The van der Waals surface area contributed by atoms with E-state index < -0.39 is 0 Å². The molecule has 0 aliphatic carbocycles. The highest BCUT2D eigenvalue weighted by Crippen LogP contribution is 2.08. The molecule has 0 aromatic heterocycles. The van der Waals surface area contributed by atoms with Crippen LogP contribution >= 0.6 is 0 Å². The number of nitrogens with one attached hydrogen (secondary N) is 1. The Hall–Kier alpha value is -0.700. The summed E-state index contributed by atoms with van der Waals surface area (Å²) in [5, 5.41) is 3.48. The van der Waals surface area contributed by atoms with Crippen molar-refractivity contribution in [1.29, 1.82) is 0 Å². The van der Waals surface area contributed by atoms with Crippen LogP contribution in [-0.2, 0) is 0 Å². The topological polar surface area (TPSA) is 18.5 Å². The van der Waals surface area contributed by atoms with Gasteiger partial charge < -0.3 is 15.1 Å². The molecular weight excluding hydrogens is 186 g/mol. The fraction of sp³-hybridized carbons (Fsp3) is 0.833. The maximum Gasteiger partial charge on any atom is 0.0941 e. The van der Waals surface area contributed by atoms with Crippen LogP contribution in [0.15, 0.2) is 12.4 Å². The van der Waals surface area contributed by atoms with Gasteiger partial charge in [0.2, 0.25) is 0 Å². The Kier molecular flexibility index (Phi) is 4.45. The Bertz CT molecular complexity index is 205. The Morgan fingerprint density at radius 2 is 1.67 bits per heavy atom. The maximum atomic E-state index is 4.12. The maximum absolute atomic E-state index is 4.12. The molecule has 1 rings (SSSR count). The lowest BCUT2D eigenvalue weighted by Gasteiger charge is -2.36. The van der Waals surface area contributed by atoms with Crippen LogP contribution in [0.5, 0.6) is 0 Å². The molecule has 3 nitrogen and oxygen atoms in total. The van der Waals surface area contributed by atoms with Gasteiger partial charge in [-0.25, -0.2) is 0 Å². The summed E-state index contributed by atoms with van der Waals surface area (Å²) in [7, 11) is 2.17.